The van der Waals surface area contributed by atoms with Crippen LogP contribution in [0.1, 0.15) is 5.56 Å². The van der Waals surface area contributed by atoms with Crippen LogP contribution in [-0.2, 0) is 0 Å². The maximum absolute atomic E-state index is 13.1. The Morgan fingerprint density at radius 3 is 2.83 bits per heavy atom. The molecule has 0 aliphatic carbocycles. The van der Waals surface area contributed by atoms with Crippen LogP contribution in [-0.4, -0.2) is 0 Å². The van der Waals surface area contributed by atoms with Gasteiger partial charge >= 0.3 is 0 Å². The molecule has 2 heteroatoms. The van der Waals surface area contributed by atoms with E-state index >= 15 is 0 Å². The quantitative estimate of drug-likeness (QED) is 0.529. The van der Waals surface area contributed by atoms with Crippen LogP contribution in [0.2, 0.25) is 0 Å². The molecule has 1 heterocycles. The zero-order valence-electron chi connectivity index (χ0n) is 6.44. The molecule has 0 amide bonds. The SMILES string of the molecule is FN1C=CC=Cc2ccccc21. The van der Waals surface area contributed by atoms with Gasteiger partial charge in [-0.1, -0.05) is 34.8 Å². The molecule has 0 fully saturated rings. The number of para-hydroxylation sites is 1. The molecular formula is C10H8FN. The molecule has 0 radical (unpaired) electrons. The molecule has 0 saturated heterocycles. The predicted molar refractivity (Wildman–Crippen MR) is 48.2 cm³/mol. The summed E-state index contributed by atoms with van der Waals surface area (Å²) in [5, 5.41) is 0.620. The molecule has 0 unspecified atom stereocenters. The molecule has 12 heavy (non-hydrogen) atoms. The molecule has 1 aliphatic rings. The van der Waals surface area contributed by atoms with Crippen molar-refractivity contribution in [2.45, 2.75) is 0 Å². The fourth-order valence-corrected chi connectivity index (χ4v) is 1.19. The second-order valence-corrected chi connectivity index (χ2v) is 2.57. The Hall–Kier alpha value is -1.57. The molecule has 60 valence electrons. The van der Waals surface area contributed by atoms with Crippen LogP contribution in [0, 0.1) is 0 Å². The van der Waals surface area contributed by atoms with E-state index in [1.807, 2.05) is 30.4 Å². The van der Waals surface area contributed by atoms with Crippen molar-refractivity contribution in [1.82, 2.24) is 0 Å². The van der Waals surface area contributed by atoms with Gasteiger partial charge in [-0.25, -0.2) is 0 Å². The molecule has 0 saturated carbocycles. The first-order valence-corrected chi connectivity index (χ1v) is 3.77. The third-order valence-electron chi connectivity index (χ3n) is 1.77. The number of halogens is 1. The smallest absolute Gasteiger partial charge is 0.0812 e. The zero-order valence-corrected chi connectivity index (χ0v) is 6.44. The molecule has 0 spiro atoms. The summed E-state index contributed by atoms with van der Waals surface area (Å²) < 4.78 is 13.1. The molecule has 1 aromatic rings. The Morgan fingerprint density at radius 1 is 1.08 bits per heavy atom. The lowest BCUT2D eigenvalue weighted by Gasteiger charge is -2.09. The first kappa shape index (κ1) is 7.10. The Labute approximate surface area is 70.4 Å². The molecule has 1 nitrogen and oxygen atoms in total. The van der Waals surface area contributed by atoms with Crippen molar-refractivity contribution in [2.24, 2.45) is 0 Å². The molecule has 0 atom stereocenters. The molecule has 1 aliphatic heterocycles. The van der Waals surface area contributed by atoms with E-state index in [4.69, 9.17) is 0 Å². The highest BCUT2D eigenvalue weighted by Gasteiger charge is 2.05. The van der Waals surface area contributed by atoms with Gasteiger partial charge in [0.25, 0.3) is 0 Å². The standard InChI is InChI=1S/C10H8FN/c11-12-8-4-3-6-9-5-1-2-7-10(9)12/h1-8H. The van der Waals surface area contributed by atoms with Gasteiger partial charge in [0.05, 0.1) is 5.69 Å². The highest BCUT2D eigenvalue weighted by Crippen LogP contribution is 2.24. The monoisotopic (exact) mass is 161 g/mol. The summed E-state index contributed by atoms with van der Waals surface area (Å²) in [6.45, 7) is 0. The topological polar surface area (TPSA) is 3.24 Å². The highest BCUT2D eigenvalue weighted by molar-refractivity contribution is 5.69. The number of allylic oxidation sites excluding steroid dienone is 2. The van der Waals surface area contributed by atoms with Gasteiger partial charge in [0.15, 0.2) is 0 Å². The second-order valence-electron chi connectivity index (χ2n) is 2.57. The second kappa shape index (κ2) is 2.81. The average Bonchev–Trinajstić information content (AvgIpc) is 2.29. The van der Waals surface area contributed by atoms with E-state index in [9.17, 15) is 4.48 Å². The average molecular weight is 161 g/mol. The Balaban J connectivity index is 2.56. The minimum absolute atomic E-state index is 0.586. The number of rotatable bonds is 0. The number of benzene rings is 1. The lowest BCUT2D eigenvalue weighted by molar-refractivity contribution is 0.499. The Kier molecular flexibility index (Phi) is 1.67. The molecule has 0 N–H and O–H groups in total. The summed E-state index contributed by atoms with van der Waals surface area (Å²) in [7, 11) is 0. The maximum Gasteiger partial charge on any atom is 0.0812 e. The van der Waals surface area contributed by atoms with Crippen LogP contribution in [0.25, 0.3) is 6.08 Å². The Bertz CT molecular complexity index is 341. The number of hydrogen-bond acceptors (Lipinski definition) is 1. The van der Waals surface area contributed by atoms with E-state index in [0.29, 0.717) is 10.8 Å². The third kappa shape index (κ3) is 1.11. The van der Waals surface area contributed by atoms with E-state index in [2.05, 4.69) is 0 Å². The molecule has 0 aromatic heterocycles. The van der Waals surface area contributed by atoms with Crippen molar-refractivity contribution in [3.8, 4) is 0 Å². The van der Waals surface area contributed by atoms with Gasteiger partial charge in [-0.15, -0.1) is 0 Å². The van der Waals surface area contributed by atoms with Gasteiger partial charge in [-0.05, 0) is 12.1 Å². The van der Waals surface area contributed by atoms with Crippen molar-refractivity contribution < 1.29 is 4.48 Å². The van der Waals surface area contributed by atoms with Crippen LogP contribution >= 0.6 is 0 Å². The molecular weight excluding hydrogens is 153 g/mol. The maximum atomic E-state index is 13.1. The van der Waals surface area contributed by atoms with Crippen molar-refractivity contribution in [1.29, 1.82) is 0 Å². The third-order valence-corrected chi connectivity index (χ3v) is 1.77. The van der Waals surface area contributed by atoms with E-state index in [1.165, 1.54) is 6.20 Å². The summed E-state index contributed by atoms with van der Waals surface area (Å²) >= 11 is 0. The van der Waals surface area contributed by atoms with Gasteiger partial charge in [-0.2, -0.15) is 5.12 Å². The lowest BCUT2D eigenvalue weighted by atomic mass is 10.2. The van der Waals surface area contributed by atoms with E-state index in [-0.39, 0.29) is 0 Å². The number of fused-ring (bicyclic) bond motifs is 1. The normalized spacial score (nSPS) is 14.2. The first-order valence-electron chi connectivity index (χ1n) is 3.77. The fraction of sp³-hybridized carbons (Fsp3) is 0. The number of hydrogen-bond donors (Lipinski definition) is 0. The minimum atomic E-state index is 0.586. The van der Waals surface area contributed by atoms with Crippen molar-refractivity contribution in [2.75, 3.05) is 5.12 Å². The van der Waals surface area contributed by atoms with Crippen molar-refractivity contribution >= 4 is 11.8 Å². The summed E-state index contributed by atoms with van der Waals surface area (Å²) in [6, 6.07) is 7.33. The summed E-state index contributed by atoms with van der Waals surface area (Å²) in [5.74, 6) is 0. The van der Waals surface area contributed by atoms with Crippen LogP contribution in [0.15, 0.2) is 42.6 Å². The largest absolute Gasteiger partial charge is 0.186 e. The van der Waals surface area contributed by atoms with Crippen molar-refractivity contribution in [3.63, 3.8) is 0 Å². The zero-order chi connectivity index (χ0) is 8.39. The van der Waals surface area contributed by atoms with Gasteiger partial charge in [0.2, 0.25) is 0 Å². The van der Waals surface area contributed by atoms with Gasteiger partial charge in [-0.3, -0.25) is 0 Å². The fourth-order valence-electron chi connectivity index (χ4n) is 1.19. The highest BCUT2D eigenvalue weighted by atomic mass is 19.2. The summed E-state index contributed by atoms with van der Waals surface area (Å²) in [5.41, 5.74) is 1.48. The van der Waals surface area contributed by atoms with Crippen LogP contribution < -0.4 is 5.12 Å². The number of anilines is 1. The van der Waals surface area contributed by atoms with Crippen LogP contribution in [0.3, 0.4) is 0 Å². The first-order chi connectivity index (χ1) is 5.88. The van der Waals surface area contributed by atoms with Crippen LogP contribution in [0.4, 0.5) is 10.2 Å². The molecule has 0 bridgehead atoms. The Morgan fingerprint density at radius 2 is 1.92 bits per heavy atom. The minimum Gasteiger partial charge on any atom is -0.186 e. The summed E-state index contributed by atoms with van der Waals surface area (Å²) in [4.78, 5) is 0. The van der Waals surface area contributed by atoms with Gasteiger partial charge in [0, 0.05) is 11.8 Å². The summed E-state index contributed by atoms with van der Waals surface area (Å²) in [6.07, 6.45) is 6.76. The van der Waals surface area contributed by atoms with E-state index < -0.39 is 0 Å². The van der Waals surface area contributed by atoms with Gasteiger partial charge in [0.1, 0.15) is 0 Å². The lowest BCUT2D eigenvalue weighted by Crippen LogP contribution is -2.01. The van der Waals surface area contributed by atoms with E-state index in [1.54, 1.807) is 12.1 Å². The number of nitrogens with zero attached hydrogens (tertiary/aromatic N) is 1. The molecule has 1 aromatic carbocycles. The molecule has 2 rings (SSSR count). The van der Waals surface area contributed by atoms with Crippen LogP contribution in [0.5, 0.6) is 0 Å². The van der Waals surface area contributed by atoms with E-state index in [0.717, 1.165) is 5.56 Å². The van der Waals surface area contributed by atoms with Gasteiger partial charge < -0.3 is 0 Å². The predicted octanol–water partition coefficient (Wildman–Crippen LogP) is 2.92. The van der Waals surface area contributed by atoms with Crippen molar-refractivity contribution in [3.05, 3.63) is 48.2 Å².